The minimum Gasteiger partial charge on any atom is -0.466 e. The van der Waals surface area contributed by atoms with Crippen LogP contribution in [0.2, 0.25) is 0 Å². The van der Waals surface area contributed by atoms with Gasteiger partial charge in [0, 0.05) is 18.7 Å². The third-order valence-corrected chi connectivity index (χ3v) is 7.16. The number of aliphatic hydroxyl groups is 1. The van der Waals surface area contributed by atoms with Crippen molar-refractivity contribution in [3.05, 3.63) is 0 Å². The zero-order chi connectivity index (χ0) is 23.2. The van der Waals surface area contributed by atoms with Crippen molar-refractivity contribution in [2.45, 2.75) is 90.0 Å². The van der Waals surface area contributed by atoms with E-state index in [0.717, 1.165) is 6.42 Å². The number of carbonyl (C=O) groups is 3. The third-order valence-electron chi connectivity index (χ3n) is 7.16. The molecule has 3 heterocycles. The van der Waals surface area contributed by atoms with Gasteiger partial charge in [-0.1, -0.05) is 6.92 Å². The van der Waals surface area contributed by atoms with E-state index in [2.05, 4.69) is 5.32 Å². The first-order valence-corrected chi connectivity index (χ1v) is 11.5. The molecule has 2 amide bonds. The van der Waals surface area contributed by atoms with Crippen molar-refractivity contribution in [2.75, 3.05) is 19.8 Å². The van der Waals surface area contributed by atoms with E-state index in [9.17, 15) is 14.4 Å². The highest BCUT2D eigenvalue weighted by atomic mass is 16.6. The van der Waals surface area contributed by atoms with Gasteiger partial charge in [0.15, 0.2) is 0 Å². The van der Waals surface area contributed by atoms with Gasteiger partial charge in [0.05, 0.1) is 18.1 Å². The molecule has 3 rings (SSSR count). The number of carbonyl (C=O) groups excluding carboxylic acids is 3. The molecule has 3 saturated heterocycles. The number of nitrogens with one attached hydrogen (secondary N) is 1. The van der Waals surface area contributed by atoms with Gasteiger partial charge in [0.25, 0.3) is 0 Å². The Labute approximate surface area is 185 Å². The molecule has 0 saturated carbocycles. The smallest absolute Gasteiger partial charge is 0.312 e. The number of fused-ring (bicyclic) bond motifs is 1. The Bertz CT molecular complexity index is 734. The van der Waals surface area contributed by atoms with Crippen LogP contribution in [0.3, 0.4) is 0 Å². The summed E-state index contributed by atoms with van der Waals surface area (Å²) in [5.41, 5.74) is -2.34. The van der Waals surface area contributed by atoms with Crippen LogP contribution < -0.4 is 5.32 Å². The van der Waals surface area contributed by atoms with E-state index in [1.165, 1.54) is 0 Å². The van der Waals surface area contributed by atoms with E-state index in [1.54, 1.807) is 11.8 Å². The number of ether oxygens (including phenoxy) is 2. The van der Waals surface area contributed by atoms with Gasteiger partial charge in [-0.15, -0.1) is 0 Å². The van der Waals surface area contributed by atoms with Crippen molar-refractivity contribution in [1.82, 2.24) is 10.2 Å². The number of rotatable bonds is 8. The molecule has 0 radical (unpaired) electrons. The van der Waals surface area contributed by atoms with Crippen LogP contribution >= 0.6 is 0 Å². The molecule has 0 aromatic rings. The lowest BCUT2D eigenvalue weighted by Crippen LogP contribution is -2.58. The fourth-order valence-electron chi connectivity index (χ4n) is 5.88. The van der Waals surface area contributed by atoms with Crippen LogP contribution in [0.5, 0.6) is 0 Å². The van der Waals surface area contributed by atoms with Gasteiger partial charge in [-0.2, -0.15) is 0 Å². The second kappa shape index (κ2) is 8.35. The topological polar surface area (TPSA) is 105 Å². The number of likely N-dealkylation sites (tertiary alicyclic amines) is 1. The molecule has 8 heteroatoms. The van der Waals surface area contributed by atoms with Crippen molar-refractivity contribution in [3.8, 4) is 0 Å². The van der Waals surface area contributed by atoms with Crippen LogP contribution in [-0.2, 0) is 23.9 Å². The molecule has 31 heavy (non-hydrogen) atoms. The van der Waals surface area contributed by atoms with E-state index in [0.29, 0.717) is 25.8 Å². The van der Waals surface area contributed by atoms with Crippen molar-refractivity contribution in [3.63, 3.8) is 0 Å². The van der Waals surface area contributed by atoms with Crippen LogP contribution in [0.4, 0.5) is 0 Å². The van der Waals surface area contributed by atoms with Gasteiger partial charge in [-0.25, -0.2) is 0 Å². The Morgan fingerprint density at radius 2 is 1.97 bits per heavy atom. The average Bonchev–Trinajstić information content (AvgIpc) is 3.15. The average molecular weight is 439 g/mol. The molecule has 2 bridgehead atoms. The number of unbranched alkanes of at least 4 members (excludes halogenated alkanes) is 2. The van der Waals surface area contributed by atoms with Gasteiger partial charge >= 0.3 is 5.97 Å². The molecule has 1 spiro atoms. The second-order valence-electron chi connectivity index (χ2n) is 10.5. The molecule has 3 unspecified atom stereocenters. The lowest BCUT2D eigenvalue weighted by atomic mass is 9.62. The van der Waals surface area contributed by atoms with Gasteiger partial charge in [0.1, 0.15) is 17.6 Å². The molecule has 6 atom stereocenters. The largest absolute Gasteiger partial charge is 0.466 e. The summed E-state index contributed by atoms with van der Waals surface area (Å²) >= 11 is 0. The maximum atomic E-state index is 13.7. The van der Waals surface area contributed by atoms with Crippen molar-refractivity contribution in [1.29, 1.82) is 0 Å². The number of amides is 2. The maximum absolute atomic E-state index is 13.7. The fraction of sp³-hybridized carbons (Fsp3) is 0.870. The van der Waals surface area contributed by atoms with Crippen molar-refractivity contribution < 1.29 is 29.0 Å². The standard InChI is InChI=1S/C23H38N2O6/c1-7-30-20(29)16-15-19(28)25(11-9-8-10-12-26)17(18(27)24-21(3,4)5)23(15)13-14(2)22(16,6)31-23/h14-17,26H,7-13H2,1-6H3,(H,24,27)/t14?,15-,16-,17?,22+,23?/m0/s1. The van der Waals surface area contributed by atoms with Crippen molar-refractivity contribution in [2.24, 2.45) is 17.8 Å². The number of hydrogen-bond acceptors (Lipinski definition) is 6. The van der Waals surface area contributed by atoms with Crippen LogP contribution in [0.1, 0.15) is 67.2 Å². The Balaban J connectivity index is 2.01. The predicted octanol–water partition coefficient (Wildman–Crippen LogP) is 1.64. The summed E-state index contributed by atoms with van der Waals surface area (Å²) in [4.78, 5) is 41.8. The number of hydrogen-bond donors (Lipinski definition) is 2. The molecule has 0 aliphatic carbocycles. The Morgan fingerprint density at radius 1 is 1.29 bits per heavy atom. The van der Waals surface area contributed by atoms with E-state index in [4.69, 9.17) is 14.6 Å². The van der Waals surface area contributed by atoms with Crippen molar-refractivity contribution >= 4 is 17.8 Å². The molecule has 0 aromatic carbocycles. The van der Waals surface area contributed by atoms with Gasteiger partial charge < -0.3 is 24.8 Å². The van der Waals surface area contributed by atoms with E-state index < -0.39 is 40.6 Å². The Morgan fingerprint density at radius 3 is 2.55 bits per heavy atom. The van der Waals surface area contributed by atoms with Crippen LogP contribution in [-0.4, -0.2) is 70.3 Å². The van der Waals surface area contributed by atoms with Crippen LogP contribution in [0.25, 0.3) is 0 Å². The summed E-state index contributed by atoms with van der Waals surface area (Å²) < 4.78 is 11.9. The zero-order valence-corrected chi connectivity index (χ0v) is 19.7. The number of esters is 1. The van der Waals surface area contributed by atoms with Crippen LogP contribution in [0.15, 0.2) is 0 Å². The molecular formula is C23H38N2O6. The molecule has 3 aliphatic rings. The van der Waals surface area contributed by atoms with E-state index in [-0.39, 0.29) is 30.9 Å². The summed E-state index contributed by atoms with van der Waals surface area (Å²) in [5.74, 6) is -2.31. The van der Waals surface area contributed by atoms with Gasteiger partial charge in [-0.3, -0.25) is 14.4 Å². The zero-order valence-electron chi connectivity index (χ0n) is 19.7. The summed E-state index contributed by atoms with van der Waals surface area (Å²) in [6.45, 7) is 12.1. The highest BCUT2D eigenvalue weighted by Crippen LogP contribution is 2.65. The van der Waals surface area contributed by atoms with Crippen LogP contribution in [0, 0.1) is 17.8 Å². The minimum absolute atomic E-state index is 0.00484. The molecule has 2 N–H and O–H groups in total. The summed E-state index contributed by atoms with van der Waals surface area (Å²) in [6.07, 6.45) is 2.62. The normalized spacial score (nSPS) is 36.6. The first-order valence-electron chi connectivity index (χ1n) is 11.5. The fourth-order valence-corrected chi connectivity index (χ4v) is 5.88. The Kier molecular flexibility index (Phi) is 6.46. The predicted molar refractivity (Wildman–Crippen MR) is 114 cm³/mol. The first kappa shape index (κ1) is 24.0. The summed E-state index contributed by atoms with van der Waals surface area (Å²) in [5, 5.41) is 12.1. The lowest BCUT2D eigenvalue weighted by Gasteiger charge is -2.36. The number of nitrogens with zero attached hydrogens (tertiary/aromatic N) is 1. The maximum Gasteiger partial charge on any atom is 0.312 e. The molecule has 0 aromatic heterocycles. The quantitative estimate of drug-likeness (QED) is 0.441. The molecule has 8 nitrogen and oxygen atoms in total. The highest BCUT2D eigenvalue weighted by Gasteiger charge is 2.80. The van der Waals surface area contributed by atoms with E-state index in [1.807, 2.05) is 34.6 Å². The second-order valence-corrected chi connectivity index (χ2v) is 10.5. The molecule has 176 valence electrons. The lowest BCUT2D eigenvalue weighted by molar-refractivity contribution is -0.161. The Hall–Kier alpha value is -1.67. The SMILES string of the molecule is CCOC(=O)[C@@H]1[C@H]2C(=O)N(CCCCCO)C(C(=O)NC(C)(C)C)C23CC(C)[C@@]1(C)O3. The minimum atomic E-state index is -1.03. The third kappa shape index (κ3) is 3.86. The summed E-state index contributed by atoms with van der Waals surface area (Å²) in [7, 11) is 0. The highest BCUT2D eigenvalue weighted by molar-refractivity contribution is 5.98. The molecule has 3 fully saturated rings. The van der Waals surface area contributed by atoms with Gasteiger partial charge in [-0.05, 0) is 66.2 Å². The monoisotopic (exact) mass is 438 g/mol. The molecular weight excluding hydrogens is 400 g/mol. The number of aliphatic hydroxyl groups excluding tert-OH is 1. The van der Waals surface area contributed by atoms with Gasteiger partial charge in [0.2, 0.25) is 11.8 Å². The summed E-state index contributed by atoms with van der Waals surface area (Å²) in [6, 6.07) is -0.790. The van der Waals surface area contributed by atoms with E-state index >= 15 is 0 Å². The molecule has 3 aliphatic heterocycles. The first-order chi connectivity index (χ1) is 14.4.